The molecule has 0 aromatic rings. The Morgan fingerprint density at radius 1 is 1.10 bits per heavy atom. The minimum atomic E-state index is -0.332. The summed E-state index contributed by atoms with van der Waals surface area (Å²) in [6.45, 7) is 10.6. The molecule has 4 unspecified atom stereocenters. The molecule has 2 amide bonds. The van der Waals surface area contributed by atoms with Crippen molar-refractivity contribution in [3.63, 3.8) is 0 Å². The van der Waals surface area contributed by atoms with E-state index in [1.54, 1.807) is 0 Å². The van der Waals surface area contributed by atoms with Crippen LogP contribution in [-0.2, 0) is 9.59 Å². The molecule has 2 fully saturated rings. The fourth-order valence-corrected chi connectivity index (χ4v) is 4.11. The van der Waals surface area contributed by atoms with Crippen molar-refractivity contribution < 1.29 is 9.59 Å². The number of rotatable bonds is 3. The van der Waals surface area contributed by atoms with Gasteiger partial charge in [0.25, 0.3) is 0 Å². The van der Waals surface area contributed by atoms with Gasteiger partial charge in [-0.1, -0.05) is 27.7 Å². The van der Waals surface area contributed by atoms with Crippen molar-refractivity contribution in [2.24, 2.45) is 17.8 Å². The van der Waals surface area contributed by atoms with Crippen molar-refractivity contribution >= 4 is 11.8 Å². The Balaban J connectivity index is 2.18. The molecular weight excluding hydrogens is 264 g/mol. The lowest BCUT2D eigenvalue weighted by Gasteiger charge is -2.46. The van der Waals surface area contributed by atoms with Gasteiger partial charge >= 0.3 is 0 Å². The highest BCUT2D eigenvalue weighted by Gasteiger charge is 2.43. The fourth-order valence-electron chi connectivity index (χ4n) is 4.11. The van der Waals surface area contributed by atoms with E-state index in [9.17, 15) is 9.59 Å². The third-order valence-corrected chi connectivity index (χ3v) is 4.92. The van der Waals surface area contributed by atoms with Crippen molar-refractivity contribution in [1.82, 2.24) is 10.2 Å². The summed E-state index contributed by atoms with van der Waals surface area (Å²) in [5.41, 5.74) is 0. The monoisotopic (exact) mass is 294 g/mol. The van der Waals surface area contributed by atoms with Gasteiger partial charge in [0.2, 0.25) is 11.8 Å². The second kappa shape index (κ2) is 6.37. The van der Waals surface area contributed by atoms with E-state index in [0.717, 1.165) is 19.3 Å². The van der Waals surface area contributed by atoms with Gasteiger partial charge in [0.15, 0.2) is 0 Å². The topological polar surface area (TPSA) is 49.4 Å². The van der Waals surface area contributed by atoms with E-state index in [1.165, 1.54) is 6.42 Å². The summed E-state index contributed by atoms with van der Waals surface area (Å²) in [5.74, 6) is 1.80. The largest absolute Gasteiger partial charge is 0.343 e. The van der Waals surface area contributed by atoms with Gasteiger partial charge in [-0.2, -0.15) is 0 Å². The van der Waals surface area contributed by atoms with Crippen molar-refractivity contribution in [2.75, 3.05) is 0 Å². The molecule has 0 aromatic carbocycles. The molecule has 2 rings (SSSR count). The van der Waals surface area contributed by atoms with E-state index in [1.807, 2.05) is 11.8 Å². The molecule has 4 heteroatoms. The molecule has 1 saturated heterocycles. The molecule has 0 aromatic heterocycles. The van der Waals surface area contributed by atoms with E-state index in [4.69, 9.17) is 0 Å². The fraction of sp³-hybridized carbons (Fsp3) is 0.882. The molecule has 0 spiro atoms. The number of nitrogens with zero attached hydrogens (tertiary/aromatic N) is 1. The van der Waals surface area contributed by atoms with Gasteiger partial charge < -0.3 is 10.2 Å². The molecule has 0 bridgehead atoms. The van der Waals surface area contributed by atoms with Crippen molar-refractivity contribution in [3.8, 4) is 0 Å². The Hall–Kier alpha value is -1.06. The molecule has 1 N–H and O–H groups in total. The Bertz CT molecular complexity index is 398. The zero-order chi connectivity index (χ0) is 15.7. The first-order chi connectivity index (χ1) is 9.79. The number of amides is 2. The molecular formula is C17H30N2O2. The van der Waals surface area contributed by atoms with Gasteiger partial charge in [-0.05, 0) is 50.4 Å². The van der Waals surface area contributed by atoms with Crippen LogP contribution in [0.5, 0.6) is 0 Å². The average Bonchev–Trinajstić information content (AvgIpc) is 2.34. The zero-order valence-electron chi connectivity index (χ0n) is 14.1. The molecule has 1 aliphatic heterocycles. The van der Waals surface area contributed by atoms with Crippen LogP contribution in [-0.4, -0.2) is 34.8 Å². The standard InChI is InChI=1S/C17H30N2O2/c1-10(2)6-15-17(21)19(13(5)16(20)18-15)14-8-11(3)7-12(4)9-14/h10-15H,6-9H2,1-5H3,(H,18,20). The lowest BCUT2D eigenvalue weighted by atomic mass is 9.79. The van der Waals surface area contributed by atoms with E-state index in [-0.39, 0.29) is 29.9 Å². The number of piperazine rings is 1. The Kier molecular flexibility index (Phi) is 4.95. The van der Waals surface area contributed by atoms with Gasteiger partial charge in [0.1, 0.15) is 12.1 Å². The Morgan fingerprint density at radius 3 is 2.19 bits per heavy atom. The first-order valence-electron chi connectivity index (χ1n) is 8.42. The SMILES string of the molecule is CC(C)CC1NC(=O)C(C)N(C2CC(C)CC(C)C2)C1=O. The lowest BCUT2D eigenvalue weighted by molar-refractivity contribution is -0.153. The summed E-state index contributed by atoms with van der Waals surface area (Å²) in [6, 6.07) is -0.434. The molecule has 4 nitrogen and oxygen atoms in total. The van der Waals surface area contributed by atoms with E-state index < -0.39 is 0 Å². The highest BCUT2D eigenvalue weighted by atomic mass is 16.2. The summed E-state index contributed by atoms with van der Waals surface area (Å²) >= 11 is 0. The second-order valence-electron chi connectivity index (χ2n) is 7.68. The molecule has 4 atom stereocenters. The van der Waals surface area contributed by atoms with Crippen LogP contribution in [0.2, 0.25) is 0 Å². The third kappa shape index (κ3) is 3.58. The van der Waals surface area contributed by atoms with E-state index in [2.05, 4.69) is 33.0 Å². The predicted octanol–water partition coefficient (Wildman–Crippen LogP) is 2.57. The van der Waals surface area contributed by atoms with Crippen molar-refractivity contribution in [1.29, 1.82) is 0 Å². The van der Waals surface area contributed by atoms with Crippen LogP contribution in [0.4, 0.5) is 0 Å². The van der Waals surface area contributed by atoms with Crippen LogP contribution in [0.1, 0.15) is 60.3 Å². The van der Waals surface area contributed by atoms with Gasteiger partial charge in [-0.15, -0.1) is 0 Å². The maximum Gasteiger partial charge on any atom is 0.246 e. The lowest BCUT2D eigenvalue weighted by Crippen LogP contribution is -2.65. The molecule has 0 radical (unpaired) electrons. The van der Waals surface area contributed by atoms with Crippen LogP contribution in [0.15, 0.2) is 0 Å². The second-order valence-corrected chi connectivity index (χ2v) is 7.68. The summed E-state index contributed by atoms with van der Waals surface area (Å²) in [7, 11) is 0. The average molecular weight is 294 g/mol. The minimum Gasteiger partial charge on any atom is -0.343 e. The van der Waals surface area contributed by atoms with Gasteiger partial charge in [0, 0.05) is 6.04 Å². The summed E-state index contributed by atoms with van der Waals surface area (Å²) in [4.78, 5) is 27.0. The maximum absolute atomic E-state index is 12.8. The molecule has 1 heterocycles. The molecule has 120 valence electrons. The number of carbonyl (C=O) groups is 2. The molecule has 1 aliphatic carbocycles. The van der Waals surface area contributed by atoms with Crippen molar-refractivity contribution in [2.45, 2.75) is 78.4 Å². The van der Waals surface area contributed by atoms with Crippen LogP contribution in [0, 0.1) is 17.8 Å². The quantitative estimate of drug-likeness (QED) is 0.869. The van der Waals surface area contributed by atoms with Gasteiger partial charge in [0.05, 0.1) is 0 Å². The van der Waals surface area contributed by atoms with Crippen LogP contribution >= 0.6 is 0 Å². The van der Waals surface area contributed by atoms with E-state index in [0.29, 0.717) is 17.8 Å². The summed E-state index contributed by atoms with van der Waals surface area (Å²) in [6.07, 6.45) is 4.02. The highest BCUT2D eigenvalue weighted by molar-refractivity contribution is 5.96. The van der Waals surface area contributed by atoms with Crippen LogP contribution < -0.4 is 5.32 Å². The van der Waals surface area contributed by atoms with Crippen LogP contribution in [0.3, 0.4) is 0 Å². The zero-order valence-corrected chi connectivity index (χ0v) is 14.1. The van der Waals surface area contributed by atoms with Crippen LogP contribution in [0.25, 0.3) is 0 Å². The highest BCUT2D eigenvalue weighted by Crippen LogP contribution is 2.33. The first-order valence-corrected chi connectivity index (χ1v) is 8.42. The Morgan fingerprint density at radius 2 is 1.67 bits per heavy atom. The molecule has 21 heavy (non-hydrogen) atoms. The smallest absolute Gasteiger partial charge is 0.246 e. The number of nitrogens with one attached hydrogen (secondary N) is 1. The predicted molar refractivity (Wildman–Crippen MR) is 83.7 cm³/mol. The molecule has 1 saturated carbocycles. The number of carbonyl (C=O) groups excluding carboxylic acids is 2. The normalized spacial score (nSPS) is 37.8. The van der Waals surface area contributed by atoms with Gasteiger partial charge in [-0.3, -0.25) is 9.59 Å². The summed E-state index contributed by atoms with van der Waals surface area (Å²) < 4.78 is 0. The van der Waals surface area contributed by atoms with Crippen molar-refractivity contribution in [3.05, 3.63) is 0 Å². The number of hydrogen-bond acceptors (Lipinski definition) is 2. The molecule has 2 aliphatic rings. The Labute approximate surface area is 128 Å². The summed E-state index contributed by atoms with van der Waals surface area (Å²) in [5, 5.41) is 2.91. The number of hydrogen-bond donors (Lipinski definition) is 1. The third-order valence-electron chi connectivity index (χ3n) is 4.92. The maximum atomic E-state index is 12.8. The van der Waals surface area contributed by atoms with Gasteiger partial charge in [-0.25, -0.2) is 0 Å². The first kappa shape index (κ1) is 16.3. The van der Waals surface area contributed by atoms with E-state index >= 15 is 0 Å². The minimum absolute atomic E-state index is 0.00568.